The van der Waals surface area contributed by atoms with Crippen molar-refractivity contribution in [3.63, 3.8) is 0 Å². The molecule has 14 aromatic carbocycles. The second kappa shape index (κ2) is 22.4. The molecule has 98 heavy (non-hydrogen) atoms. The molecule has 19 rings (SSSR count). The SMILES string of the molecule is CCc1c(Oc2ccccc2C)c2c3ccccc3n(-c3ccc(N(c4ccc(-n5c6c(c7c(Oc8ccccc8C)c(C)c8ccccc8c75)CCC=C6)cc4)c4ccc(-n5c6ccccc6c6c7c(c8ccccc8c65)N(C)c5ccccc5O7)cc4)cc3)c2c2ccccc12. The molecule has 1 aliphatic heterocycles. The number of aromatic nitrogens is 3. The van der Waals surface area contributed by atoms with Crippen molar-refractivity contribution in [1.29, 1.82) is 0 Å². The van der Waals surface area contributed by atoms with Crippen molar-refractivity contribution < 1.29 is 14.2 Å². The van der Waals surface area contributed by atoms with Gasteiger partial charge in [0.2, 0.25) is 0 Å². The lowest BCUT2D eigenvalue weighted by Crippen LogP contribution is -2.16. The van der Waals surface area contributed by atoms with Crippen molar-refractivity contribution in [1.82, 2.24) is 13.7 Å². The van der Waals surface area contributed by atoms with Gasteiger partial charge >= 0.3 is 0 Å². The maximum absolute atomic E-state index is 7.18. The number of hydrogen-bond acceptors (Lipinski definition) is 5. The molecule has 0 saturated carbocycles. The molecule has 0 radical (unpaired) electrons. The zero-order valence-corrected chi connectivity index (χ0v) is 55.1. The monoisotopic (exact) mass is 1270 g/mol. The van der Waals surface area contributed by atoms with Crippen LogP contribution < -0.4 is 24.0 Å². The zero-order valence-electron chi connectivity index (χ0n) is 55.1. The first-order valence-corrected chi connectivity index (χ1v) is 34.1. The predicted molar refractivity (Wildman–Crippen MR) is 408 cm³/mol. The van der Waals surface area contributed by atoms with E-state index in [1.165, 1.54) is 43.8 Å². The van der Waals surface area contributed by atoms with Crippen LogP contribution in [0.25, 0.3) is 110 Å². The van der Waals surface area contributed by atoms with Crippen molar-refractivity contribution >= 4 is 121 Å². The third-order valence-electron chi connectivity index (χ3n) is 20.8. The quantitative estimate of drug-likeness (QED) is 0.129. The van der Waals surface area contributed by atoms with Crippen molar-refractivity contribution in [2.24, 2.45) is 0 Å². The molecule has 0 bridgehead atoms. The zero-order chi connectivity index (χ0) is 65.4. The van der Waals surface area contributed by atoms with E-state index in [1.54, 1.807) is 0 Å². The van der Waals surface area contributed by atoms with Crippen LogP contribution in [0.4, 0.5) is 28.4 Å². The van der Waals surface area contributed by atoms with Gasteiger partial charge in [-0.3, -0.25) is 0 Å². The molecule has 8 heteroatoms. The number of allylic oxidation sites excluding steroid dienone is 1. The van der Waals surface area contributed by atoms with Gasteiger partial charge in [-0.05, 0) is 183 Å². The highest BCUT2D eigenvalue weighted by Gasteiger charge is 2.32. The molecule has 0 fully saturated rings. The Balaban J connectivity index is 0.798. The molecule has 470 valence electrons. The number of hydrogen-bond donors (Lipinski definition) is 0. The number of anilines is 5. The minimum absolute atomic E-state index is 0.811. The van der Waals surface area contributed by atoms with Crippen LogP contribution in [0.5, 0.6) is 34.5 Å². The Kier molecular flexibility index (Phi) is 13.1. The number of benzene rings is 14. The second-order valence-corrected chi connectivity index (χ2v) is 26.2. The molecular formula is C90H67N5O3. The number of aryl methyl sites for hydroxylation is 5. The van der Waals surface area contributed by atoms with E-state index in [-0.39, 0.29) is 0 Å². The van der Waals surface area contributed by atoms with Crippen molar-refractivity contribution in [3.05, 3.63) is 307 Å². The standard InChI is InChI=1S/C90H67N5O3/c1-6-64-66-28-10-12-30-68(66)85-82(89(64)97-79-41-23-8-26-56(79)3)72-34-16-19-37-75(72)94(85)62-51-45-59(46-52-62)92(58-43-49-61(50-44-58)93-74-36-18-15-33-71(74)81-84(93)67-29-11-9-27-65(67)57(4)88(81)96-78-40-22-7-25-55(78)2)60-47-53-63(54-48-60)95-76-38-20-17-35-73(76)83-86(95)69-31-13-14-32-70(69)87-90(83)98-80-42-24-21-39-77(80)91(87)5/h7-14,16-32,34-54H,6,15,33H2,1-5H3. The minimum atomic E-state index is 0.811. The highest BCUT2D eigenvalue weighted by atomic mass is 16.5. The van der Waals surface area contributed by atoms with Crippen LogP contribution in [0, 0.1) is 20.8 Å². The van der Waals surface area contributed by atoms with Gasteiger partial charge < -0.3 is 37.7 Å². The van der Waals surface area contributed by atoms with Gasteiger partial charge in [0.25, 0.3) is 0 Å². The number of nitrogens with zero attached hydrogens (tertiary/aromatic N) is 5. The fourth-order valence-corrected chi connectivity index (χ4v) is 16.3. The third kappa shape index (κ3) is 8.56. The molecule has 3 aromatic heterocycles. The van der Waals surface area contributed by atoms with E-state index in [2.05, 4.69) is 337 Å². The molecule has 0 N–H and O–H groups in total. The Morgan fingerprint density at radius 1 is 0.418 bits per heavy atom. The van der Waals surface area contributed by atoms with Crippen LogP contribution in [0.15, 0.2) is 273 Å². The normalized spacial score (nSPS) is 12.7. The van der Waals surface area contributed by atoms with Crippen molar-refractivity contribution in [2.45, 2.75) is 47.0 Å². The highest BCUT2D eigenvalue weighted by molar-refractivity contribution is 6.27. The predicted octanol–water partition coefficient (Wildman–Crippen LogP) is 24.7. The molecule has 0 unspecified atom stereocenters. The van der Waals surface area contributed by atoms with E-state index >= 15 is 0 Å². The van der Waals surface area contributed by atoms with E-state index in [0.717, 1.165) is 176 Å². The summed E-state index contributed by atoms with van der Waals surface area (Å²) >= 11 is 0. The summed E-state index contributed by atoms with van der Waals surface area (Å²) in [6.45, 7) is 8.71. The lowest BCUT2D eigenvalue weighted by molar-refractivity contribution is 0.480. The molecule has 0 atom stereocenters. The molecule has 17 aromatic rings. The van der Waals surface area contributed by atoms with Crippen LogP contribution in [-0.4, -0.2) is 20.7 Å². The van der Waals surface area contributed by atoms with Gasteiger partial charge in [0.15, 0.2) is 11.5 Å². The van der Waals surface area contributed by atoms with E-state index in [9.17, 15) is 0 Å². The summed E-state index contributed by atoms with van der Waals surface area (Å²) in [5, 5.41) is 12.7. The molecule has 4 heterocycles. The number of para-hydroxylation sites is 6. The first kappa shape index (κ1) is 57.2. The fraction of sp³-hybridized carbons (Fsp3) is 0.0889. The maximum atomic E-state index is 7.18. The van der Waals surface area contributed by atoms with Crippen LogP contribution in [0.3, 0.4) is 0 Å². The Morgan fingerprint density at radius 2 is 0.867 bits per heavy atom. The Morgan fingerprint density at radius 3 is 1.46 bits per heavy atom. The second-order valence-electron chi connectivity index (χ2n) is 26.2. The van der Waals surface area contributed by atoms with Gasteiger partial charge in [-0.15, -0.1) is 0 Å². The van der Waals surface area contributed by atoms with Gasteiger partial charge in [-0.25, -0.2) is 0 Å². The average molecular weight is 1270 g/mol. The topological polar surface area (TPSA) is 49.0 Å². The van der Waals surface area contributed by atoms with Crippen LogP contribution in [0.1, 0.15) is 46.9 Å². The van der Waals surface area contributed by atoms with Crippen LogP contribution in [-0.2, 0) is 12.8 Å². The molecule has 2 aliphatic rings. The van der Waals surface area contributed by atoms with Crippen LogP contribution in [0.2, 0.25) is 0 Å². The average Bonchev–Trinajstić information content (AvgIpc) is 1.52. The Bertz CT molecular complexity index is 6190. The summed E-state index contributed by atoms with van der Waals surface area (Å²) in [6.07, 6.45) is 7.33. The molecule has 0 spiro atoms. The summed E-state index contributed by atoms with van der Waals surface area (Å²) in [4.78, 5) is 4.69. The summed E-state index contributed by atoms with van der Waals surface area (Å²) in [5.41, 5.74) is 20.9. The van der Waals surface area contributed by atoms with E-state index in [0.29, 0.717) is 0 Å². The number of rotatable bonds is 11. The van der Waals surface area contributed by atoms with E-state index in [4.69, 9.17) is 14.2 Å². The fourth-order valence-electron chi connectivity index (χ4n) is 16.3. The van der Waals surface area contributed by atoms with Crippen molar-refractivity contribution in [3.8, 4) is 51.6 Å². The van der Waals surface area contributed by atoms with E-state index < -0.39 is 0 Å². The molecule has 8 nitrogen and oxygen atoms in total. The molecule has 0 saturated heterocycles. The van der Waals surface area contributed by atoms with Gasteiger partial charge in [0.05, 0.1) is 49.7 Å². The lowest BCUT2D eigenvalue weighted by Gasteiger charge is -2.31. The number of ether oxygens (including phenoxy) is 3. The number of fused-ring (bicyclic) bond motifs is 19. The molecule has 0 amide bonds. The van der Waals surface area contributed by atoms with E-state index in [1.807, 2.05) is 0 Å². The maximum Gasteiger partial charge on any atom is 0.161 e. The highest BCUT2D eigenvalue weighted by Crippen LogP contribution is 2.56. The van der Waals surface area contributed by atoms with Gasteiger partial charge in [-0.2, -0.15) is 0 Å². The minimum Gasteiger partial charge on any atom is -0.456 e. The Labute approximate surface area is 567 Å². The van der Waals surface area contributed by atoms with Gasteiger partial charge in [-0.1, -0.05) is 171 Å². The van der Waals surface area contributed by atoms with Gasteiger partial charge in [0, 0.05) is 95.7 Å². The largest absolute Gasteiger partial charge is 0.456 e. The first-order chi connectivity index (χ1) is 48.3. The third-order valence-corrected chi connectivity index (χ3v) is 20.8. The Hall–Kier alpha value is -12.3. The van der Waals surface area contributed by atoms with Crippen LogP contribution >= 0.6 is 0 Å². The summed E-state index contributed by atoms with van der Waals surface area (Å²) in [6, 6.07) is 96.5. The lowest BCUT2D eigenvalue weighted by atomic mass is 9.95. The van der Waals surface area contributed by atoms with Crippen molar-refractivity contribution in [2.75, 3.05) is 16.8 Å². The first-order valence-electron chi connectivity index (χ1n) is 34.1. The summed E-state index contributed by atoms with van der Waals surface area (Å²) < 4.78 is 28.7. The summed E-state index contributed by atoms with van der Waals surface area (Å²) in [7, 11) is 2.16. The smallest absolute Gasteiger partial charge is 0.161 e. The summed E-state index contributed by atoms with van der Waals surface area (Å²) in [5.74, 6) is 5.26. The molecular weight excluding hydrogens is 1200 g/mol. The molecule has 1 aliphatic carbocycles. The van der Waals surface area contributed by atoms with Gasteiger partial charge in [0.1, 0.15) is 23.0 Å².